The minimum atomic E-state index is -0.710. The molecule has 4 heteroatoms. The summed E-state index contributed by atoms with van der Waals surface area (Å²) in [5, 5.41) is 21.3. The first kappa shape index (κ1) is 12.0. The highest BCUT2D eigenvalue weighted by molar-refractivity contribution is 5.43. The Balaban J connectivity index is 2.25. The largest absolute Gasteiger partial charge is 0.396 e. The maximum absolute atomic E-state index is 13.1. The molecule has 3 nitrogen and oxygen atoms in total. The van der Waals surface area contributed by atoms with Gasteiger partial charge in [0.2, 0.25) is 0 Å². The average molecular weight is 234 g/mol. The number of aliphatic hydroxyl groups excluding tert-OH is 1. The van der Waals surface area contributed by atoms with E-state index >= 15 is 0 Å². The molecular weight excluding hydrogens is 219 g/mol. The summed E-state index contributed by atoms with van der Waals surface area (Å²) in [6.07, 6.45) is 1.99. The molecule has 1 aliphatic carbocycles. The van der Waals surface area contributed by atoms with E-state index in [9.17, 15) is 9.65 Å². The summed E-state index contributed by atoms with van der Waals surface area (Å²) in [7, 11) is 0. The Morgan fingerprint density at radius 1 is 1.53 bits per heavy atom. The molecule has 1 aromatic carbocycles. The van der Waals surface area contributed by atoms with Crippen molar-refractivity contribution in [2.24, 2.45) is 0 Å². The number of nitriles is 1. The first-order chi connectivity index (χ1) is 8.22. The fraction of sp³-hybridized carbons (Fsp3) is 0.462. The number of rotatable bonds is 4. The topological polar surface area (TPSA) is 56.0 Å². The third-order valence-corrected chi connectivity index (χ3v) is 3.25. The Bertz CT molecular complexity index is 455. The summed E-state index contributed by atoms with van der Waals surface area (Å²) in [6.45, 7) is 0.686. The second-order valence-electron chi connectivity index (χ2n) is 4.32. The van der Waals surface area contributed by atoms with Crippen LogP contribution in [0.3, 0.4) is 0 Å². The van der Waals surface area contributed by atoms with Gasteiger partial charge in [-0.1, -0.05) is 6.07 Å². The molecule has 1 aliphatic rings. The molecule has 0 spiro atoms. The number of hydrogen-bond acceptors (Lipinski definition) is 3. The highest BCUT2D eigenvalue weighted by Crippen LogP contribution is 2.36. The van der Waals surface area contributed by atoms with Gasteiger partial charge in [-0.15, -0.1) is 0 Å². The van der Waals surface area contributed by atoms with Crippen molar-refractivity contribution in [3.63, 3.8) is 0 Å². The quantitative estimate of drug-likeness (QED) is 0.775. The van der Waals surface area contributed by atoms with Gasteiger partial charge in [0.25, 0.3) is 0 Å². The summed E-state index contributed by atoms with van der Waals surface area (Å²) in [6, 6.07) is 6.88. The summed E-state index contributed by atoms with van der Waals surface area (Å²) in [4.78, 5) is 0. The van der Waals surface area contributed by atoms with Crippen LogP contribution >= 0.6 is 0 Å². The first-order valence-electron chi connectivity index (χ1n) is 5.78. The minimum Gasteiger partial charge on any atom is -0.396 e. The van der Waals surface area contributed by atoms with E-state index in [1.807, 2.05) is 0 Å². The maximum atomic E-state index is 13.1. The van der Waals surface area contributed by atoms with Crippen molar-refractivity contribution in [2.75, 3.05) is 13.2 Å². The van der Waals surface area contributed by atoms with Crippen LogP contribution in [0, 0.1) is 17.1 Å². The third-order valence-electron chi connectivity index (χ3n) is 3.25. The fourth-order valence-electron chi connectivity index (χ4n) is 2.36. The molecule has 0 amide bonds. The number of nitrogens with one attached hydrogen (secondary N) is 1. The second kappa shape index (κ2) is 4.82. The molecule has 17 heavy (non-hydrogen) atoms. The van der Waals surface area contributed by atoms with Crippen molar-refractivity contribution in [3.8, 4) is 6.07 Å². The molecule has 90 valence electrons. The van der Waals surface area contributed by atoms with Gasteiger partial charge in [0.1, 0.15) is 11.4 Å². The smallest absolute Gasteiger partial charge is 0.132 e. The van der Waals surface area contributed by atoms with Crippen LogP contribution in [0.25, 0.3) is 0 Å². The van der Waals surface area contributed by atoms with Gasteiger partial charge >= 0.3 is 0 Å². The van der Waals surface area contributed by atoms with E-state index in [0.717, 1.165) is 11.1 Å². The van der Waals surface area contributed by atoms with Crippen molar-refractivity contribution in [2.45, 2.75) is 24.8 Å². The predicted octanol–water partition coefficient (Wildman–Crippen LogP) is 1.46. The highest BCUT2D eigenvalue weighted by atomic mass is 19.1. The summed E-state index contributed by atoms with van der Waals surface area (Å²) < 4.78 is 13.1. The number of hydrogen-bond donors (Lipinski definition) is 2. The minimum absolute atomic E-state index is 0.102. The summed E-state index contributed by atoms with van der Waals surface area (Å²) in [5.74, 6) is -0.257. The van der Waals surface area contributed by atoms with Gasteiger partial charge in [-0.2, -0.15) is 5.26 Å². The maximum Gasteiger partial charge on any atom is 0.132 e. The third kappa shape index (κ3) is 2.17. The zero-order chi connectivity index (χ0) is 12.3. The second-order valence-corrected chi connectivity index (χ2v) is 4.32. The van der Waals surface area contributed by atoms with Crippen LogP contribution in [0.5, 0.6) is 0 Å². The molecule has 0 fully saturated rings. The van der Waals surface area contributed by atoms with E-state index < -0.39 is 5.54 Å². The van der Waals surface area contributed by atoms with Crippen LogP contribution in [0.15, 0.2) is 18.2 Å². The van der Waals surface area contributed by atoms with Crippen LogP contribution in [-0.2, 0) is 12.0 Å². The lowest BCUT2D eigenvalue weighted by molar-refractivity contribution is 0.278. The zero-order valence-corrected chi connectivity index (χ0v) is 9.54. The van der Waals surface area contributed by atoms with Gasteiger partial charge in [-0.05, 0) is 49.1 Å². The molecule has 0 aliphatic heterocycles. The van der Waals surface area contributed by atoms with Gasteiger partial charge in [-0.3, -0.25) is 5.32 Å². The molecule has 2 N–H and O–H groups in total. The molecule has 2 rings (SSSR count). The molecule has 0 heterocycles. The van der Waals surface area contributed by atoms with Gasteiger partial charge in [0.15, 0.2) is 0 Å². The normalized spacial score (nSPS) is 22.2. The van der Waals surface area contributed by atoms with Crippen LogP contribution in [0.2, 0.25) is 0 Å². The molecule has 0 bridgehead atoms. The Hall–Kier alpha value is -1.44. The Morgan fingerprint density at radius 2 is 2.35 bits per heavy atom. The monoisotopic (exact) mass is 234 g/mol. The standard InChI is InChI=1S/C13H15FN2O/c14-11-2-3-12-10(8-11)4-5-13(12,9-15)16-6-1-7-17/h2-3,8,16-17H,1,4-7H2. The SMILES string of the molecule is N#CC1(NCCCO)CCc2cc(F)ccc21. The van der Waals surface area contributed by atoms with E-state index in [-0.39, 0.29) is 12.4 Å². The van der Waals surface area contributed by atoms with Gasteiger partial charge < -0.3 is 5.11 Å². The van der Waals surface area contributed by atoms with E-state index in [2.05, 4.69) is 11.4 Å². The molecule has 1 aromatic rings. The molecule has 1 atom stereocenters. The van der Waals surface area contributed by atoms with E-state index in [4.69, 9.17) is 5.11 Å². The summed E-state index contributed by atoms with van der Waals surface area (Å²) in [5.41, 5.74) is 1.07. The molecule has 0 saturated carbocycles. The van der Waals surface area contributed by atoms with Crippen LogP contribution in [0.4, 0.5) is 4.39 Å². The van der Waals surface area contributed by atoms with Crippen molar-refractivity contribution in [3.05, 3.63) is 35.1 Å². The molecular formula is C13H15FN2O. The van der Waals surface area contributed by atoms with Crippen molar-refractivity contribution < 1.29 is 9.50 Å². The van der Waals surface area contributed by atoms with Crippen molar-refractivity contribution in [1.29, 1.82) is 5.26 Å². The number of nitrogens with zero attached hydrogens (tertiary/aromatic N) is 1. The lowest BCUT2D eigenvalue weighted by Gasteiger charge is -2.23. The predicted molar refractivity (Wildman–Crippen MR) is 61.7 cm³/mol. The van der Waals surface area contributed by atoms with E-state index in [0.29, 0.717) is 25.8 Å². The van der Waals surface area contributed by atoms with Crippen LogP contribution < -0.4 is 5.32 Å². The number of fused-ring (bicyclic) bond motifs is 1. The molecule has 0 saturated heterocycles. The Labute approximate surface area is 99.9 Å². The van der Waals surface area contributed by atoms with Gasteiger partial charge in [0, 0.05) is 6.61 Å². The highest BCUT2D eigenvalue weighted by Gasteiger charge is 2.38. The van der Waals surface area contributed by atoms with E-state index in [1.54, 1.807) is 6.07 Å². The zero-order valence-electron chi connectivity index (χ0n) is 9.54. The van der Waals surface area contributed by atoms with Gasteiger partial charge in [-0.25, -0.2) is 4.39 Å². The number of aryl methyl sites for hydroxylation is 1. The number of benzene rings is 1. The van der Waals surface area contributed by atoms with Gasteiger partial charge in [0.05, 0.1) is 6.07 Å². The number of halogens is 1. The van der Waals surface area contributed by atoms with E-state index in [1.165, 1.54) is 12.1 Å². The summed E-state index contributed by atoms with van der Waals surface area (Å²) >= 11 is 0. The molecule has 1 unspecified atom stereocenters. The first-order valence-corrected chi connectivity index (χ1v) is 5.78. The van der Waals surface area contributed by atoms with Crippen molar-refractivity contribution in [1.82, 2.24) is 5.32 Å². The average Bonchev–Trinajstić information content (AvgIpc) is 2.68. The number of aliphatic hydroxyl groups is 1. The van der Waals surface area contributed by atoms with Crippen LogP contribution in [0.1, 0.15) is 24.0 Å². The van der Waals surface area contributed by atoms with Crippen LogP contribution in [-0.4, -0.2) is 18.3 Å². The van der Waals surface area contributed by atoms with Crippen molar-refractivity contribution >= 4 is 0 Å². The molecule has 0 radical (unpaired) electrons. The molecule has 0 aromatic heterocycles. The fourth-order valence-corrected chi connectivity index (χ4v) is 2.36. The Kier molecular flexibility index (Phi) is 3.41. The Morgan fingerprint density at radius 3 is 3.06 bits per heavy atom. The lowest BCUT2D eigenvalue weighted by atomic mass is 9.93. The lowest BCUT2D eigenvalue weighted by Crippen LogP contribution is -2.39.